The van der Waals surface area contributed by atoms with Crippen molar-refractivity contribution in [3.8, 4) is 5.69 Å². The average Bonchev–Trinajstić information content (AvgIpc) is 3.05. The third kappa shape index (κ3) is 1.93. The second-order valence-corrected chi connectivity index (χ2v) is 6.57. The van der Waals surface area contributed by atoms with E-state index in [-0.39, 0.29) is 29.9 Å². The molecule has 0 amide bonds. The minimum absolute atomic E-state index is 0.157. The van der Waals surface area contributed by atoms with E-state index in [4.69, 9.17) is 6.85 Å². The summed E-state index contributed by atoms with van der Waals surface area (Å²) in [5, 5.41) is 4.11. The van der Waals surface area contributed by atoms with Gasteiger partial charge in [-0.05, 0) is 41.1 Å². The fourth-order valence-electron chi connectivity index (χ4n) is 3.36. The van der Waals surface area contributed by atoms with Crippen LogP contribution in [-0.2, 0) is 0 Å². The van der Waals surface area contributed by atoms with Crippen molar-refractivity contribution in [1.29, 1.82) is 0 Å². The Balaban J connectivity index is 2.08. The monoisotopic (exact) mass is 376 g/mol. The van der Waals surface area contributed by atoms with Crippen LogP contribution in [0.1, 0.15) is 6.85 Å². The number of fused-ring (bicyclic) bond motifs is 5. The van der Waals surface area contributed by atoms with Crippen LogP contribution in [0.15, 0.2) is 89.3 Å². The molecule has 0 bridgehead atoms. The molecule has 0 N–H and O–H groups in total. The van der Waals surface area contributed by atoms with E-state index < -0.39 is 6.04 Å². The van der Waals surface area contributed by atoms with Crippen LogP contribution in [0, 0.1) is 0 Å². The molecule has 0 saturated carbocycles. The zero-order valence-electron chi connectivity index (χ0n) is 17.5. The highest BCUT2D eigenvalue weighted by atomic mass is 79.9. The number of halogens is 1. The Labute approximate surface area is 155 Å². The number of hydrogen-bond acceptors (Lipinski definition) is 0. The molecule has 5 rings (SSSR count). The van der Waals surface area contributed by atoms with Crippen molar-refractivity contribution in [2.75, 3.05) is 0 Å². The highest BCUT2D eigenvalue weighted by Crippen LogP contribution is 2.37. The lowest BCUT2D eigenvalue weighted by Crippen LogP contribution is -1.92. The second kappa shape index (κ2) is 5.22. The van der Waals surface area contributed by atoms with E-state index in [0.29, 0.717) is 0 Å². The average molecular weight is 377 g/mol. The van der Waals surface area contributed by atoms with E-state index in [1.54, 1.807) is 4.57 Å². The van der Waals surface area contributed by atoms with E-state index in [1.807, 2.05) is 54.6 Å². The van der Waals surface area contributed by atoms with Crippen LogP contribution < -0.4 is 0 Å². The third-order valence-electron chi connectivity index (χ3n) is 4.33. The molecule has 24 heavy (non-hydrogen) atoms. The molecule has 0 fully saturated rings. The van der Waals surface area contributed by atoms with Crippen molar-refractivity contribution in [3.63, 3.8) is 0 Å². The number of para-hydroxylation sites is 1. The van der Waals surface area contributed by atoms with Gasteiger partial charge in [-0.2, -0.15) is 0 Å². The van der Waals surface area contributed by atoms with Crippen LogP contribution in [0.4, 0.5) is 0 Å². The van der Waals surface area contributed by atoms with Crippen LogP contribution in [0.5, 0.6) is 0 Å². The molecule has 1 heterocycles. The molecule has 0 radical (unpaired) electrons. The maximum absolute atomic E-state index is 8.47. The Morgan fingerprint density at radius 2 is 1.62 bits per heavy atom. The maximum Gasteiger partial charge on any atom is 0.0645 e. The number of hydrogen-bond donors (Lipinski definition) is 0. The molecule has 0 saturated heterocycles. The second-order valence-electron chi connectivity index (χ2n) is 5.65. The van der Waals surface area contributed by atoms with E-state index in [0.717, 1.165) is 37.1 Å². The van der Waals surface area contributed by atoms with Crippen molar-refractivity contribution >= 4 is 48.5 Å². The lowest BCUT2D eigenvalue weighted by atomic mass is 10.0. The Kier molecular flexibility index (Phi) is 2.10. The molecule has 114 valence electrons. The lowest BCUT2D eigenvalue weighted by molar-refractivity contribution is 1.18. The first kappa shape index (κ1) is 9.65. The van der Waals surface area contributed by atoms with Gasteiger partial charge in [-0.1, -0.05) is 70.5 Å². The van der Waals surface area contributed by atoms with Gasteiger partial charge < -0.3 is 4.57 Å². The minimum atomic E-state index is -0.392. The highest BCUT2D eigenvalue weighted by Gasteiger charge is 2.14. The predicted octanol–water partition coefficient (Wildman–Crippen LogP) is 6.70. The summed E-state index contributed by atoms with van der Waals surface area (Å²) in [5.74, 6) is 0. The Morgan fingerprint density at radius 3 is 2.50 bits per heavy atom. The summed E-state index contributed by atoms with van der Waals surface area (Å²) in [6.07, 6.45) is 0. The largest absolute Gasteiger partial charge is 0.309 e. The van der Waals surface area contributed by atoms with Crippen molar-refractivity contribution in [2.24, 2.45) is 0 Å². The summed E-state index contributed by atoms with van der Waals surface area (Å²) < 4.78 is 43.7. The summed E-state index contributed by atoms with van der Waals surface area (Å²) in [4.78, 5) is 0. The summed E-state index contributed by atoms with van der Waals surface area (Å²) in [5.41, 5.74) is 1.74. The van der Waals surface area contributed by atoms with Gasteiger partial charge in [-0.15, -0.1) is 0 Å². The Bertz CT molecular complexity index is 1440. The molecule has 1 aromatic heterocycles. The number of nitrogens with zero attached hydrogens (tertiary/aromatic N) is 1. The molecule has 2 heteroatoms. The maximum atomic E-state index is 8.47. The molecule has 0 atom stereocenters. The summed E-state index contributed by atoms with van der Waals surface area (Å²) in [7, 11) is 0. The van der Waals surface area contributed by atoms with Crippen LogP contribution in [0.25, 0.3) is 38.3 Å². The van der Waals surface area contributed by atoms with Crippen LogP contribution in [0.2, 0.25) is 0 Å². The smallest absolute Gasteiger partial charge is 0.0645 e. The van der Waals surface area contributed by atoms with Crippen LogP contribution in [-0.4, -0.2) is 4.57 Å². The zero-order chi connectivity index (χ0) is 20.4. The van der Waals surface area contributed by atoms with Gasteiger partial charge in [-0.25, -0.2) is 0 Å². The fraction of sp³-hybridized carbons (Fsp3) is 0. The standard InChI is InChI=1S/C22H14BrN/c23-16-11-12-19-21(14-16)24(17-7-2-1-3-8-17)20-13-10-15-6-4-5-9-18(15)22(19)20/h1-14H/i1D,2D,3D,7D,8D. The van der Waals surface area contributed by atoms with E-state index in [1.165, 1.54) is 0 Å². The van der Waals surface area contributed by atoms with Crippen LogP contribution >= 0.6 is 15.9 Å². The van der Waals surface area contributed by atoms with Crippen LogP contribution in [0.3, 0.4) is 0 Å². The van der Waals surface area contributed by atoms with Crippen molar-refractivity contribution in [2.45, 2.75) is 0 Å². The fourth-order valence-corrected chi connectivity index (χ4v) is 3.71. The molecule has 0 aliphatic carbocycles. The first-order chi connectivity index (χ1) is 13.9. The van der Waals surface area contributed by atoms with Gasteiger partial charge in [0.1, 0.15) is 0 Å². The van der Waals surface area contributed by atoms with Gasteiger partial charge in [0.25, 0.3) is 0 Å². The van der Waals surface area contributed by atoms with Gasteiger partial charge in [0.15, 0.2) is 0 Å². The molecular formula is C22H14BrN. The molecule has 0 spiro atoms. The number of benzene rings is 4. The highest BCUT2D eigenvalue weighted by molar-refractivity contribution is 9.10. The minimum Gasteiger partial charge on any atom is -0.309 e. The number of rotatable bonds is 1. The third-order valence-corrected chi connectivity index (χ3v) is 4.82. The van der Waals surface area contributed by atoms with E-state index in [9.17, 15) is 0 Å². The summed E-state index contributed by atoms with van der Waals surface area (Å²) >= 11 is 3.51. The Hall–Kier alpha value is -2.58. The van der Waals surface area contributed by atoms with Gasteiger partial charge in [0.2, 0.25) is 0 Å². The molecule has 0 aliphatic heterocycles. The van der Waals surface area contributed by atoms with Crippen molar-refractivity contribution < 1.29 is 6.85 Å². The zero-order valence-corrected chi connectivity index (χ0v) is 14.1. The SMILES string of the molecule is [2H]c1c([2H])c([2H])c(-n2c3cc(Br)ccc3c3c4ccccc4ccc32)c([2H])c1[2H]. The first-order valence-electron chi connectivity index (χ1n) is 10.1. The van der Waals surface area contributed by atoms with Crippen molar-refractivity contribution in [1.82, 2.24) is 4.57 Å². The molecule has 0 unspecified atom stereocenters. The molecule has 0 aliphatic rings. The van der Waals surface area contributed by atoms with Gasteiger partial charge in [0.05, 0.1) is 17.9 Å². The summed E-state index contributed by atoms with van der Waals surface area (Å²) in [6.45, 7) is 0. The molecule has 5 aromatic rings. The van der Waals surface area contributed by atoms with Gasteiger partial charge in [0, 0.05) is 20.9 Å². The van der Waals surface area contributed by atoms with E-state index in [2.05, 4.69) is 15.9 Å². The molecule has 4 aromatic carbocycles. The first-order valence-corrected chi connectivity index (χ1v) is 8.38. The van der Waals surface area contributed by atoms with Crippen molar-refractivity contribution in [3.05, 3.63) is 89.3 Å². The number of aromatic nitrogens is 1. The topological polar surface area (TPSA) is 4.93 Å². The molecular weight excluding hydrogens is 358 g/mol. The van der Waals surface area contributed by atoms with Gasteiger partial charge >= 0.3 is 0 Å². The van der Waals surface area contributed by atoms with E-state index >= 15 is 0 Å². The van der Waals surface area contributed by atoms with Gasteiger partial charge in [-0.3, -0.25) is 0 Å². The predicted molar refractivity (Wildman–Crippen MR) is 106 cm³/mol. The lowest BCUT2D eigenvalue weighted by Gasteiger charge is -2.08. The Morgan fingerprint density at radius 1 is 0.792 bits per heavy atom. The molecule has 1 nitrogen and oxygen atoms in total. The normalized spacial score (nSPS) is 14.5. The summed E-state index contributed by atoms with van der Waals surface area (Å²) in [6, 6.07) is 16.4. The quantitative estimate of drug-likeness (QED) is 0.306.